The van der Waals surface area contributed by atoms with Crippen molar-refractivity contribution in [2.75, 3.05) is 25.0 Å². The number of anilines is 1. The molecule has 0 saturated carbocycles. The van der Waals surface area contributed by atoms with Gasteiger partial charge in [0.1, 0.15) is 0 Å². The van der Waals surface area contributed by atoms with Crippen molar-refractivity contribution in [1.29, 1.82) is 0 Å². The second-order valence-electron chi connectivity index (χ2n) is 5.01. The monoisotopic (exact) mass is 263 g/mol. The minimum absolute atomic E-state index is 0.176. The van der Waals surface area contributed by atoms with E-state index in [0.29, 0.717) is 6.04 Å². The second kappa shape index (κ2) is 6.52. The average molecular weight is 263 g/mol. The molecule has 0 amide bonds. The summed E-state index contributed by atoms with van der Waals surface area (Å²) in [5.41, 5.74) is 1.16. The summed E-state index contributed by atoms with van der Waals surface area (Å²) in [7, 11) is 1.96. The normalized spacial score (nSPS) is 19.4. The first-order valence-corrected chi connectivity index (χ1v) is 6.88. The number of piperidine rings is 1. The highest BCUT2D eigenvalue weighted by atomic mass is 16.6. The molecule has 1 aliphatic heterocycles. The van der Waals surface area contributed by atoms with E-state index in [0.717, 1.165) is 25.2 Å². The molecular formula is C14H21N3O2. The van der Waals surface area contributed by atoms with Crippen molar-refractivity contribution in [2.24, 2.45) is 0 Å². The molecule has 0 bridgehead atoms. The van der Waals surface area contributed by atoms with E-state index in [4.69, 9.17) is 0 Å². The van der Waals surface area contributed by atoms with Crippen LogP contribution in [0, 0.1) is 10.1 Å². The first-order valence-electron chi connectivity index (χ1n) is 6.88. The Morgan fingerprint density at radius 1 is 1.47 bits per heavy atom. The van der Waals surface area contributed by atoms with Crippen molar-refractivity contribution in [3.8, 4) is 0 Å². The summed E-state index contributed by atoms with van der Waals surface area (Å²) in [4.78, 5) is 12.9. The molecule has 0 aliphatic carbocycles. The molecule has 1 fully saturated rings. The van der Waals surface area contributed by atoms with Gasteiger partial charge in [-0.2, -0.15) is 0 Å². The van der Waals surface area contributed by atoms with E-state index in [-0.39, 0.29) is 10.6 Å². The molecule has 104 valence electrons. The van der Waals surface area contributed by atoms with Crippen LogP contribution in [0.25, 0.3) is 0 Å². The van der Waals surface area contributed by atoms with Crippen LogP contribution in [-0.2, 0) is 0 Å². The van der Waals surface area contributed by atoms with Gasteiger partial charge in [-0.1, -0.05) is 6.07 Å². The smallest absolute Gasteiger partial charge is 0.271 e. The van der Waals surface area contributed by atoms with Crippen molar-refractivity contribution in [3.63, 3.8) is 0 Å². The molecule has 5 nitrogen and oxygen atoms in total. The van der Waals surface area contributed by atoms with Gasteiger partial charge in [0.15, 0.2) is 0 Å². The van der Waals surface area contributed by atoms with E-state index in [1.807, 2.05) is 13.1 Å². The second-order valence-corrected chi connectivity index (χ2v) is 5.01. The van der Waals surface area contributed by atoms with E-state index in [1.165, 1.54) is 19.3 Å². The van der Waals surface area contributed by atoms with Crippen LogP contribution < -0.4 is 10.2 Å². The predicted octanol–water partition coefficient (Wildman–Crippen LogP) is 2.56. The van der Waals surface area contributed by atoms with E-state index < -0.39 is 0 Å². The number of hydrogen-bond acceptors (Lipinski definition) is 4. The molecule has 0 aromatic heterocycles. The molecule has 0 radical (unpaired) electrons. The number of nitrogens with one attached hydrogen (secondary N) is 1. The number of rotatable bonds is 5. The number of hydrogen-bond donors (Lipinski definition) is 1. The molecule has 1 atom stereocenters. The van der Waals surface area contributed by atoms with Crippen LogP contribution >= 0.6 is 0 Å². The SMILES string of the molecule is CNCCC1CCCCN1c1cccc([N+](=O)[O-])c1. The fourth-order valence-corrected chi connectivity index (χ4v) is 2.74. The molecule has 1 aliphatic rings. The van der Waals surface area contributed by atoms with Crippen LogP contribution in [0.2, 0.25) is 0 Å². The van der Waals surface area contributed by atoms with Crippen molar-refractivity contribution in [2.45, 2.75) is 31.7 Å². The highest BCUT2D eigenvalue weighted by Gasteiger charge is 2.23. The van der Waals surface area contributed by atoms with Crippen molar-refractivity contribution in [3.05, 3.63) is 34.4 Å². The zero-order valence-electron chi connectivity index (χ0n) is 11.3. The van der Waals surface area contributed by atoms with Gasteiger partial charge in [0, 0.05) is 30.4 Å². The predicted molar refractivity (Wildman–Crippen MR) is 76.6 cm³/mol. The van der Waals surface area contributed by atoms with E-state index in [1.54, 1.807) is 18.2 Å². The average Bonchev–Trinajstić information content (AvgIpc) is 2.45. The summed E-state index contributed by atoms with van der Waals surface area (Å²) in [5.74, 6) is 0. The maximum absolute atomic E-state index is 10.9. The maximum Gasteiger partial charge on any atom is 0.271 e. The van der Waals surface area contributed by atoms with Gasteiger partial charge in [-0.3, -0.25) is 10.1 Å². The molecule has 19 heavy (non-hydrogen) atoms. The Hall–Kier alpha value is -1.62. The molecule has 5 heteroatoms. The highest BCUT2D eigenvalue weighted by molar-refractivity contribution is 5.54. The summed E-state index contributed by atoms with van der Waals surface area (Å²) in [5, 5.41) is 14.0. The Labute approximate surface area is 113 Å². The third kappa shape index (κ3) is 3.44. The lowest BCUT2D eigenvalue weighted by atomic mass is 9.98. The molecule has 1 unspecified atom stereocenters. The van der Waals surface area contributed by atoms with E-state index in [2.05, 4.69) is 10.2 Å². The van der Waals surface area contributed by atoms with Gasteiger partial charge in [-0.25, -0.2) is 0 Å². The third-order valence-corrected chi connectivity index (χ3v) is 3.73. The summed E-state index contributed by atoms with van der Waals surface area (Å²) >= 11 is 0. The van der Waals surface area contributed by atoms with Crippen molar-refractivity contribution >= 4 is 11.4 Å². The van der Waals surface area contributed by atoms with Crippen LogP contribution in [0.5, 0.6) is 0 Å². The Balaban J connectivity index is 2.16. The molecule has 1 heterocycles. The minimum atomic E-state index is -0.323. The fraction of sp³-hybridized carbons (Fsp3) is 0.571. The van der Waals surface area contributed by atoms with Gasteiger partial charge in [0.25, 0.3) is 5.69 Å². The third-order valence-electron chi connectivity index (χ3n) is 3.73. The standard InChI is InChI=1S/C14H21N3O2/c1-15-9-8-12-5-2-3-10-16(12)13-6-4-7-14(11-13)17(18)19/h4,6-7,11-12,15H,2-3,5,8-10H2,1H3. The first-order chi connectivity index (χ1) is 9.22. The number of nitro benzene ring substituents is 1. The Morgan fingerprint density at radius 3 is 3.05 bits per heavy atom. The van der Waals surface area contributed by atoms with Gasteiger partial charge < -0.3 is 10.2 Å². The van der Waals surface area contributed by atoms with Crippen molar-refractivity contribution < 1.29 is 4.92 Å². The lowest BCUT2D eigenvalue weighted by Gasteiger charge is -2.37. The molecule has 1 aromatic carbocycles. The van der Waals surface area contributed by atoms with Crippen molar-refractivity contribution in [1.82, 2.24) is 5.32 Å². The molecule has 1 aromatic rings. The quantitative estimate of drug-likeness (QED) is 0.655. The van der Waals surface area contributed by atoms with Crippen LogP contribution in [-0.4, -0.2) is 31.1 Å². The number of nitro groups is 1. The summed E-state index contributed by atoms with van der Waals surface area (Å²) < 4.78 is 0. The zero-order valence-corrected chi connectivity index (χ0v) is 11.3. The Kier molecular flexibility index (Phi) is 4.74. The number of non-ortho nitro benzene ring substituents is 1. The lowest BCUT2D eigenvalue weighted by molar-refractivity contribution is -0.384. The first kappa shape index (κ1) is 13.8. The van der Waals surface area contributed by atoms with Gasteiger partial charge in [0.05, 0.1) is 4.92 Å². The largest absolute Gasteiger partial charge is 0.368 e. The van der Waals surface area contributed by atoms with Crippen LogP contribution in [0.3, 0.4) is 0 Å². The number of benzene rings is 1. The molecule has 0 spiro atoms. The topological polar surface area (TPSA) is 58.4 Å². The summed E-state index contributed by atoms with van der Waals surface area (Å²) in [6.07, 6.45) is 4.67. The lowest BCUT2D eigenvalue weighted by Crippen LogP contribution is -2.41. The van der Waals surface area contributed by atoms with Crippen LogP contribution in [0.1, 0.15) is 25.7 Å². The van der Waals surface area contributed by atoms with Gasteiger partial charge in [0.2, 0.25) is 0 Å². The molecular weight excluding hydrogens is 242 g/mol. The zero-order chi connectivity index (χ0) is 13.7. The van der Waals surface area contributed by atoms with E-state index in [9.17, 15) is 10.1 Å². The summed E-state index contributed by atoms with van der Waals surface area (Å²) in [6, 6.07) is 7.48. The Morgan fingerprint density at radius 2 is 2.32 bits per heavy atom. The van der Waals surface area contributed by atoms with Gasteiger partial charge in [-0.05, 0) is 45.3 Å². The van der Waals surface area contributed by atoms with Crippen LogP contribution in [0.4, 0.5) is 11.4 Å². The van der Waals surface area contributed by atoms with E-state index >= 15 is 0 Å². The molecule has 1 N–H and O–H groups in total. The molecule has 1 saturated heterocycles. The minimum Gasteiger partial charge on any atom is -0.368 e. The Bertz CT molecular complexity index is 436. The van der Waals surface area contributed by atoms with Crippen LogP contribution in [0.15, 0.2) is 24.3 Å². The number of nitrogens with zero attached hydrogens (tertiary/aromatic N) is 2. The fourth-order valence-electron chi connectivity index (χ4n) is 2.74. The summed E-state index contributed by atoms with van der Waals surface area (Å²) in [6.45, 7) is 1.98. The van der Waals surface area contributed by atoms with Gasteiger partial charge >= 0.3 is 0 Å². The molecule has 2 rings (SSSR count). The highest BCUT2D eigenvalue weighted by Crippen LogP contribution is 2.28. The maximum atomic E-state index is 10.9. The van der Waals surface area contributed by atoms with Gasteiger partial charge in [-0.15, -0.1) is 0 Å².